The van der Waals surface area contributed by atoms with Gasteiger partial charge in [0.1, 0.15) is 0 Å². The Morgan fingerprint density at radius 2 is 2.06 bits per heavy atom. The van der Waals surface area contributed by atoms with Gasteiger partial charge in [-0.1, -0.05) is 12.8 Å². The van der Waals surface area contributed by atoms with E-state index in [1.54, 1.807) is 0 Å². The molecule has 0 spiro atoms. The van der Waals surface area contributed by atoms with Crippen LogP contribution >= 0.6 is 0 Å². The minimum absolute atomic E-state index is 0.142. The van der Waals surface area contributed by atoms with Crippen LogP contribution in [0.1, 0.15) is 51.4 Å². The van der Waals surface area contributed by atoms with Crippen molar-refractivity contribution in [2.24, 2.45) is 5.73 Å². The molecule has 17 heavy (non-hydrogen) atoms. The molecule has 3 N–H and O–H groups in total. The molecule has 1 aliphatic carbocycles. The minimum Gasteiger partial charge on any atom is -0.378 e. The van der Waals surface area contributed by atoms with Gasteiger partial charge >= 0.3 is 0 Å². The van der Waals surface area contributed by atoms with Gasteiger partial charge in [0.15, 0.2) is 0 Å². The van der Waals surface area contributed by atoms with Crippen LogP contribution < -0.4 is 11.1 Å². The Morgan fingerprint density at radius 1 is 1.24 bits per heavy atom. The topological polar surface area (TPSA) is 64.3 Å². The lowest BCUT2D eigenvalue weighted by Crippen LogP contribution is -2.49. The van der Waals surface area contributed by atoms with Gasteiger partial charge in [-0.3, -0.25) is 4.79 Å². The Kier molecular flexibility index (Phi) is 4.80. The minimum atomic E-state index is 0.142. The first kappa shape index (κ1) is 12.8. The van der Waals surface area contributed by atoms with Gasteiger partial charge in [0.25, 0.3) is 0 Å². The first-order chi connectivity index (χ1) is 8.25. The van der Waals surface area contributed by atoms with Crippen molar-refractivity contribution in [2.75, 3.05) is 6.61 Å². The predicted octanol–water partition coefficient (Wildman–Crippen LogP) is 1.33. The van der Waals surface area contributed by atoms with E-state index < -0.39 is 0 Å². The number of nitrogens with two attached hydrogens (primary N) is 1. The molecule has 98 valence electrons. The fraction of sp³-hybridized carbons (Fsp3) is 0.923. The van der Waals surface area contributed by atoms with Crippen molar-refractivity contribution in [2.45, 2.75) is 69.6 Å². The summed E-state index contributed by atoms with van der Waals surface area (Å²) >= 11 is 0. The number of rotatable bonds is 4. The molecule has 0 aromatic rings. The van der Waals surface area contributed by atoms with Gasteiger partial charge in [-0.15, -0.1) is 0 Å². The van der Waals surface area contributed by atoms with Crippen LogP contribution in [0.2, 0.25) is 0 Å². The second-order valence-electron chi connectivity index (χ2n) is 5.30. The molecule has 0 aromatic heterocycles. The SMILES string of the molecule is NC1CCCCC1NC(=O)CCC1CCCO1. The first-order valence-corrected chi connectivity index (χ1v) is 6.92. The van der Waals surface area contributed by atoms with Crippen molar-refractivity contribution in [3.8, 4) is 0 Å². The van der Waals surface area contributed by atoms with Crippen molar-refractivity contribution in [3.05, 3.63) is 0 Å². The molecule has 3 atom stereocenters. The third-order valence-corrected chi connectivity index (χ3v) is 3.88. The number of carbonyl (C=O) groups is 1. The maximum Gasteiger partial charge on any atom is 0.220 e. The monoisotopic (exact) mass is 240 g/mol. The van der Waals surface area contributed by atoms with Crippen molar-refractivity contribution in [1.29, 1.82) is 0 Å². The van der Waals surface area contributed by atoms with E-state index in [9.17, 15) is 4.79 Å². The number of amides is 1. The Balaban J connectivity index is 1.65. The normalized spacial score (nSPS) is 33.6. The van der Waals surface area contributed by atoms with E-state index in [1.165, 1.54) is 12.8 Å². The van der Waals surface area contributed by atoms with E-state index in [-0.39, 0.29) is 18.0 Å². The molecule has 0 aromatic carbocycles. The lowest BCUT2D eigenvalue weighted by atomic mass is 9.91. The van der Waals surface area contributed by atoms with Crippen LogP contribution in [0, 0.1) is 0 Å². The molecule has 2 fully saturated rings. The van der Waals surface area contributed by atoms with Crippen LogP contribution in [-0.2, 0) is 9.53 Å². The van der Waals surface area contributed by atoms with Gasteiger partial charge in [-0.25, -0.2) is 0 Å². The Morgan fingerprint density at radius 3 is 2.76 bits per heavy atom. The summed E-state index contributed by atoms with van der Waals surface area (Å²) in [7, 11) is 0. The summed E-state index contributed by atoms with van der Waals surface area (Å²) in [5.41, 5.74) is 6.01. The van der Waals surface area contributed by atoms with Crippen molar-refractivity contribution in [1.82, 2.24) is 5.32 Å². The zero-order chi connectivity index (χ0) is 12.1. The van der Waals surface area contributed by atoms with Gasteiger partial charge in [0.2, 0.25) is 5.91 Å². The molecular weight excluding hydrogens is 216 g/mol. The highest BCUT2D eigenvalue weighted by molar-refractivity contribution is 5.76. The van der Waals surface area contributed by atoms with Crippen molar-refractivity contribution in [3.63, 3.8) is 0 Å². The number of hydrogen-bond acceptors (Lipinski definition) is 3. The number of hydrogen-bond donors (Lipinski definition) is 2. The van der Waals surface area contributed by atoms with Crippen LogP contribution in [0.5, 0.6) is 0 Å². The van der Waals surface area contributed by atoms with Crippen molar-refractivity contribution >= 4 is 5.91 Å². The first-order valence-electron chi connectivity index (χ1n) is 6.92. The summed E-state index contributed by atoms with van der Waals surface area (Å²) in [5.74, 6) is 0.142. The molecule has 1 aliphatic heterocycles. The number of ether oxygens (including phenoxy) is 1. The Bertz CT molecular complexity index is 252. The molecular formula is C13H24N2O2. The highest BCUT2D eigenvalue weighted by atomic mass is 16.5. The fourth-order valence-electron chi connectivity index (χ4n) is 2.78. The van der Waals surface area contributed by atoms with Gasteiger partial charge in [0, 0.05) is 25.1 Å². The maximum atomic E-state index is 11.8. The van der Waals surface area contributed by atoms with Crippen LogP contribution in [0.25, 0.3) is 0 Å². The third kappa shape index (κ3) is 3.96. The largest absolute Gasteiger partial charge is 0.378 e. The molecule has 1 heterocycles. The predicted molar refractivity (Wildman–Crippen MR) is 66.6 cm³/mol. The highest BCUT2D eigenvalue weighted by Crippen LogP contribution is 2.18. The molecule has 2 aliphatic rings. The number of nitrogens with one attached hydrogen (secondary N) is 1. The molecule has 2 rings (SSSR count). The van der Waals surface area contributed by atoms with E-state index in [2.05, 4.69) is 5.32 Å². The van der Waals surface area contributed by atoms with Crippen LogP contribution in [0.3, 0.4) is 0 Å². The Labute approximate surface area is 103 Å². The third-order valence-electron chi connectivity index (χ3n) is 3.88. The number of carbonyl (C=O) groups excluding carboxylic acids is 1. The average molecular weight is 240 g/mol. The molecule has 0 bridgehead atoms. The Hall–Kier alpha value is -0.610. The van der Waals surface area contributed by atoms with Crippen LogP contribution in [0.4, 0.5) is 0 Å². The van der Waals surface area contributed by atoms with E-state index in [0.717, 1.165) is 38.7 Å². The second-order valence-corrected chi connectivity index (χ2v) is 5.30. The van der Waals surface area contributed by atoms with Gasteiger partial charge in [0.05, 0.1) is 6.10 Å². The zero-order valence-corrected chi connectivity index (χ0v) is 10.5. The van der Waals surface area contributed by atoms with Crippen LogP contribution in [-0.4, -0.2) is 30.7 Å². The molecule has 1 saturated heterocycles. The van der Waals surface area contributed by atoms with Gasteiger partial charge < -0.3 is 15.8 Å². The second kappa shape index (κ2) is 6.36. The highest BCUT2D eigenvalue weighted by Gasteiger charge is 2.24. The quantitative estimate of drug-likeness (QED) is 0.779. The van der Waals surface area contributed by atoms with E-state index in [1.807, 2.05) is 0 Å². The molecule has 1 amide bonds. The van der Waals surface area contributed by atoms with E-state index >= 15 is 0 Å². The fourth-order valence-corrected chi connectivity index (χ4v) is 2.78. The molecule has 4 nitrogen and oxygen atoms in total. The summed E-state index contributed by atoms with van der Waals surface area (Å²) in [5, 5.41) is 3.07. The van der Waals surface area contributed by atoms with E-state index in [0.29, 0.717) is 12.5 Å². The molecule has 3 unspecified atom stereocenters. The standard InChI is InChI=1S/C13H24N2O2/c14-11-5-1-2-6-12(11)15-13(16)8-7-10-4-3-9-17-10/h10-12H,1-9,14H2,(H,15,16). The van der Waals surface area contributed by atoms with Gasteiger partial charge in [-0.2, -0.15) is 0 Å². The zero-order valence-electron chi connectivity index (χ0n) is 10.5. The van der Waals surface area contributed by atoms with Crippen LogP contribution in [0.15, 0.2) is 0 Å². The summed E-state index contributed by atoms with van der Waals surface area (Å²) < 4.78 is 5.51. The summed E-state index contributed by atoms with van der Waals surface area (Å²) in [4.78, 5) is 11.8. The van der Waals surface area contributed by atoms with E-state index in [4.69, 9.17) is 10.5 Å². The summed E-state index contributed by atoms with van der Waals surface area (Å²) in [6.07, 6.45) is 8.44. The van der Waals surface area contributed by atoms with Crippen molar-refractivity contribution < 1.29 is 9.53 Å². The molecule has 0 radical (unpaired) electrons. The lowest BCUT2D eigenvalue weighted by Gasteiger charge is -2.29. The summed E-state index contributed by atoms with van der Waals surface area (Å²) in [6, 6.07) is 0.344. The summed E-state index contributed by atoms with van der Waals surface area (Å²) in [6.45, 7) is 0.861. The lowest BCUT2D eigenvalue weighted by molar-refractivity contribution is -0.122. The maximum absolute atomic E-state index is 11.8. The molecule has 4 heteroatoms. The smallest absolute Gasteiger partial charge is 0.220 e. The van der Waals surface area contributed by atoms with Gasteiger partial charge in [-0.05, 0) is 32.1 Å². The molecule has 1 saturated carbocycles. The average Bonchev–Trinajstić information content (AvgIpc) is 2.82.